The summed E-state index contributed by atoms with van der Waals surface area (Å²) >= 11 is 0. The number of anilines is 1. The van der Waals surface area contributed by atoms with E-state index < -0.39 is 11.9 Å². The highest BCUT2D eigenvalue weighted by Crippen LogP contribution is 2.44. The Labute approximate surface area is 149 Å². The van der Waals surface area contributed by atoms with Gasteiger partial charge in [-0.05, 0) is 36.4 Å². The van der Waals surface area contributed by atoms with Crippen LogP contribution in [-0.2, 0) is 4.79 Å². The maximum Gasteiger partial charge on any atom is 0.315 e. The fraction of sp³-hybridized carbons (Fsp3) is 0.0476. The molecular formula is C21H15NO4. The number of fused-ring (bicyclic) bond motifs is 2. The molecule has 5 nitrogen and oxygen atoms in total. The second-order valence-electron chi connectivity index (χ2n) is 5.98. The van der Waals surface area contributed by atoms with Gasteiger partial charge in [0, 0.05) is 22.4 Å². The van der Waals surface area contributed by atoms with E-state index in [0.29, 0.717) is 33.9 Å². The zero-order valence-electron chi connectivity index (χ0n) is 13.7. The third-order valence-corrected chi connectivity index (χ3v) is 4.31. The molecule has 26 heavy (non-hydrogen) atoms. The molecule has 1 amide bonds. The van der Waals surface area contributed by atoms with Crippen LogP contribution in [0, 0.1) is 0 Å². The summed E-state index contributed by atoms with van der Waals surface area (Å²) in [6.45, 7) is 0. The second kappa shape index (κ2) is 6.37. The van der Waals surface area contributed by atoms with E-state index in [9.17, 15) is 14.7 Å². The quantitative estimate of drug-likeness (QED) is 0.744. The van der Waals surface area contributed by atoms with Crippen molar-refractivity contribution in [1.82, 2.24) is 0 Å². The Bertz CT molecular complexity index is 998. The highest BCUT2D eigenvalue weighted by Gasteiger charge is 2.33. The van der Waals surface area contributed by atoms with E-state index in [1.54, 1.807) is 54.6 Å². The largest absolute Gasteiger partial charge is 0.481 e. The predicted octanol–water partition coefficient (Wildman–Crippen LogP) is 4.26. The summed E-state index contributed by atoms with van der Waals surface area (Å²) in [7, 11) is 0. The average molecular weight is 345 g/mol. The van der Waals surface area contributed by atoms with Crippen LogP contribution in [0.4, 0.5) is 5.69 Å². The van der Waals surface area contributed by atoms with Gasteiger partial charge in [-0.1, -0.05) is 36.4 Å². The van der Waals surface area contributed by atoms with Gasteiger partial charge in [0.25, 0.3) is 5.91 Å². The van der Waals surface area contributed by atoms with Crippen LogP contribution in [0.25, 0.3) is 0 Å². The van der Waals surface area contributed by atoms with Crippen molar-refractivity contribution in [3.63, 3.8) is 0 Å². The number of para-hydroxylation sites is 2. The molecule has 1 aliphatic heterocycles. The Morgan fingerprint density at radius 2 is 1.54 bits per heavy atom. The Kier molecular flexibility index (Phi) is 3.89. The Balaban J connectivity index is 1.71. The van der Waals surface area contributed by atoms with Gasteiger partial charge < -0.3 is 15.2 Å². The molecule has 5 heteroatoms. The summed E-state index contributed by atoms with van der Waals surface area (Å²) in [4.78, 5) is 24.4. The number of carbonyl (C=O) groups excluding carboxylic acids is 1. The predicted molar refractivity (Wildman–Crippen MR) is 96.8 cm³/mol. The van der Waals surface area contributed by atoms with E-state index in [1.165, 1.54) is 0 Å². The summed E-state index contributed by atoms with van der Waals surface area (Å²) in [5.74, 6) is -1.19. The number of hydrogen-bond acceptors (Lipinski definition) is 3. The molecule has 1 aliphatic rings. The maximum atomic E-state index is 12.5. The zero-order chi connectivity index (χ0) is 18.1. The van der Waals surface area contributed by atoms with Crippen LogP contribution in [0.15, 0.2) is 72.8 Å². The van der Waals surface area contributed by atoms with Crippen LogP contribution in [0.3, 0.4) is 0 Å². The van der Waals surface area contributed by atoms with E-state index in [2.05, 4.69) is 5.32 Å². The topological polar surface area (TPSA) is 75.6 Å². The molecule has 0 saturated heterocycles. The molecule has 0 radical (unpaired) electrons. The van der Waals surface area contributed by atoms with Gasteiger partial charge in [-0.2, -0.15) is 0 Å². The first-order chi connectivity index (χ1) is 12.6. The summed E-state index contributed by atoms with van der Waals surface area (Å²) in [6, 6.07) is 21.0. The van der Waals surface area contributed by atoms with Gasteiger partial charge in [-0.25, -0.2) is 0 Å². The maximum absolute atomic E-state index is 12.5. The molecule has 0 aliphatic carbocycles. The lowest BCUT2D eigenvalue weighted by atomic mass is 9.87. The molecule has 0 saturated carbocycles. The minimum absolute atomic E-state index is 0.304. The standard InChI is InChI=1S/C21H15NO4/c23-20(22-14-6-2-1-3-7-14)13-10-11-18-16(12-13)19(21(24)25)15-8-4-5-9-17(15)26-18/h1-12,19H,(H,22,23)(H,24,25). The highest BCUT2D eigenvalue weighted by molar-refractivity contribution is 6.04. The number of rotatable bonds is 3. The third-order valence-electron chi connectivity index (χ3n) is 4.31. The Morgan fingerprint density at radius 1 is 0.846 bits per heavy atom. The van der Waals surface area contributed by atoms with Gasteiger partial charge >= 0.3 is 5.97 Å². The molecule has 3 aromatic rings. The number of aliphatic carboxylic acids is 1. The lowest BCUT2D eigenvalue weighted by molar-refractivity contribution is -0.137. The smallest absolute Gasteiger partial charge is 0.315 e. The molecule has 1 unspecified atom stereocenters. The van der Waals surface area contributed by atoms with Crippen LogP contribution in [0.1, 0.15) is 27.4 Å². The molecule has 2 N–H and O–H groups in total. The van der Waals surface area contributed by atoms with Crippen LogP contribution in [-0.4, -0.2) is 17.0 Å². The molecule has 0 spiro atoms. The number of carboxylic acid groups (broad SMARTS) is 1. The Hall–Kier alpha value is -3.60. The van der Waals surface area contributed by atoms with Gasteiger partial charge in [-0.3, -0.25) is 9.59 Å². The summed E-state index contributed by atoms with van der Waals surface area (Å²) < 4.78 is 5.82. The molecule has 3 aromatic carbocycles. The molecule has 1 heterocycles. The van der Waals surface area contributed by atoms with Crippen LogP contribution in [0.2, 0.25) is 0 Å². The van der Waals surface area contributed by atoms with E-state index in [1.807, 2.05) is 18.2 Å². The first kappa shape index (κ1) is 15.9. The summed E-state index contributed by atoms with van der Waals surface area (Å²) in [5, 5.41) is 12.5. The molecule has 128 valence electrons. The van der Waals surface area contributed by atoms with Gasteiger partial charge in [0.05, 0.1) is 0 Å². The van der Waals surface area contributed by atoms with Crippen molar-refractivity contribution >= 4 is 17.6 Å². The number of carboxylic acids is 1. The zero-order valence-corrected chi connectivity index (χ0v) is 13.7. The first-order valence-corrected chi connectivity index (χ1v) is 8.13. The van der Waals surface area contributed by atoms with Crippen molar-refractivity contribution in [1.29, 1.82) is 0 Å². The minimum Gasteiger partial charge on any atom is -0.481 e. The normalized spacial score (nSPS) is 14.5. The number of benzene rings is 3. The SMILES string of the molecule is O=C(Nc1ccccc1)c1ccc2c(c1)C(C(=O)O)c1ccccc1O2. The summed E-state index contributed by atoms with van der Waals surface area (Å²) in [6.07, 6.45) is 0. The van der Waals surface area contributed by atoms with Crippen molar-refractivity contribution < 1.29 is 19.4 Å². The number of hydrogen-bond donors (Lipinski definition) is 2. The van der Waals surface area contributed by atoms with E-state index >= 15 is 0 Å². The minimum atomic E-state index is -0.984. The highest BCUT2D eigenvalue weighted by atomic mass is 16.5. The molecule has 1 atom stereocenters. The van der Waals surface area contributed by atoms with Crippen molar-refractivity contribution in [2.24, 2.45) is 0 Å². The lowest BCUT2D eigenvalue weighted by Gasteiger charge is -2.26. The molecule has 0 bridgehead atoms. The first-order valence-electron chi connectivity index (χ1n) is 8.13. The lowest BCUT2D eigenvalue weighted by Crippen LogP contribution is -2.20. The van der Waals surface area contributed by atoms with Gasteiger partial charge in [0.2, 0.25) is 0 Å². The molecule has 0 fully saturated rings. The van der Waals surface area contributed by atoms with E-state index in [-0.39, 0.29) is 5.91 Å². The van der Waals surface area contributed by atoms with Crippen molar-refractivity contribution in [3.05, 3.63) is 89.5 Å². The molecule has 0 aromatic heterocycles. The van der Waals surface area contributed by atoms with E-state index in [0.717, 1.165) is 0 Å². The average Bonchev–Trinajstić information content (AvgIpc) is 2.66. The van der Waals surface area contributed by atoms with Gasteiger partial charge in [-0.15, -0.1) is 0 Å². The van der Waals surface area contributed by atoms with Crippen LogP contribution < -0.4 is 10.1 Å². The number of carbonyl (C=O) groups is 2. The number of amides is 1. The van der Waals surface area contributed by atoms with Crippen molar-refractivity contribution in [3.8, 4) is 11.5 Å². The van der Waals surface area contributed by atoms with Gasteiger partial charge in [0.15, 0.2) is 0 Å². The number of nitrogens with one attached hydrogen (secondary N) is 1. The third kappa shape index (κ3) is 2.80. The van der Waals surface area contributed by atoms with Gasteiger partial charge in [0.1, 0.15) is 17.4 Å². The summed E-state index contributed by atoms with van der Waals surface area (Å²) in [5.41, 5.74) is 2.10. The van der Waals surface area contributed by atoms with Crippen molar-refractivity contribution in [2.45, 2.75) is 5.92 Å². The Morgan fingerprint density at radius 3 is 2.31 bits per heavy atom. The molecular weight excluding hydrogens is 330 g/mol. The number of ether oxygens (including phenoxy) is 1. The van der Waals surface area contributed by atoms with E-state index in [4.69, 9.17) is 4.74 Å². The fourth-order valence-corrected chi connectivity index (χ4v) is 3.10. The van der Waals surface area contributed by atoms with Crippen LogP contribution >= 0.6 is 0 Å². The monoisotopic (exact) mass is 345 g/mol. The van der Waals surface area contributed by atoms with Crippen LogP contribution in [0.5, 0.6) is 11.5 Å². The molecule has 4 rings (SSSR count). The fourth-order valence-electron chi connectivity index (χ4n) is 3.10. The second-order valence-corrected chi connectivity index (χ2v) is 5.98. The van der Waals surface area contributed by atoms with Crippen molar-refractivity contribution in [2.75, 3.05) is 5.32 Å².